The topological polar surface area (TPSA) is 66.8 Å². The molecule has 2 aromatic rings. The first-order valence-electron chi connectivity index (χ1n) is 8.51. The zero-order valence-electron chi connectivity index (χ0n) is 14.8. The number of hydrogen-bond donors (Lipinski definition) is 0. The third-order valence-corrected chi connectivity index (χ3v) is 4.92. The van der Waals surface area contributed by atoms with Crippen LogP contribution in [0.2, 0.25) is 0 Å². The summed E-state index contributed by atoms with van der Waals surface area (Å²) in [6.07, 6.45) is 5.35. The maximum absolute atomic E-state index is 12.6. The van der Waals surface area contributed by atoms with E-state index in [4.69, 9.17) is 14.2 Å². The van der Waals surface area contributed by atoms with Gasteiger partial charge < -0.3 is 18.8 Å². The van der Waals surface area contributed by atoms with E-state index in [9.17, 15) is 9.59 Å². The first-order valence-corrected chi connectivity index (χ1v) is 8.51. The SMILES string of the molecule is COC(=O)c1c(C(=O)OC)n(C2CCCCC2)c2ccc(OC)cc12. The van der Waals surface area contributed by atoms with Gasteiger partial charge in [0.25, 0.3) is 0 Å². The Labute approximate surface area is 146 Å². The third-order valence-electron chi connectivity index (χ3n) is 4.92. The van der Waals surface area contributed by atoms with E-state index in [1.54, 1.807) is 13.2 Å². The Balaban J connectivity index is 2.34. The number of nitrogens with zero attached hydrogens (tertiary/aromatic N) is 1. The molecular formula is C19H23NO5. The number of benzene rings is 1. The first-order chi connectivity index (χ1) is 12.1. The van der Waals surface area contributed by atoms with E-state index >= 15 is 0 Å². The fraction of sp³-hybridized carbons (Fsp3) is 0.474. The van der Waals surface area contributed by atoms with Crippen LogP contribution >= 0.6 is 0 Å². The number of fused-ring (bicyclic) bond motifs is 1. The fourth-order valence-electron chi connectivity index (χ4n) is 3.75. The van der Waals surface area contributed by atoms with Gasteiger partial charge in [-0.05, 0) is 31.0 Å². The number of aromatic nitrogens is 1. The third kappa shape index (κ3) is 2.97. The number of carbonyl (C=O) groups excluding carboxylic acids is 2. The van der Waals surface area contributed by atoms with Crippen LogP contribution in [0.5, 0.6) is 5.75 Å². The average Bonchev–Trinajstić information content (AvgIpc) is 3.01. The molecule has 1 aromatic carbocycles. The Morgan fingerprint density at radius 2 is 1.68 bits per heavy atom. The molecule has 0 aliphatic heterocycles. The molecule has 1 heterocycles. The summed E-state index contributed by atoms with van der Waals surface area (Å²) in [5, 5.41) is 0.650. The molecule has 1 saturated carbocycles. The van der Waals surface area contributed by atoms with Crippen molar-refractivity contribution >= 4 is 22.8 Å². The van der Waals surface area contributed by atoms with Crippen molar-refractivity contribution < 1.29 is 23.8 Å². The second-order valence-corrected chi connectivity index (χ2v) is 6.25. The molecule has 0 amide bonds. The number of esters is 2. The van der Waals surface area contributed by atoms with Gasteiger partial charge in [0.15, 0.2) is 0 Å². The molecule has 1 aliphatic carbocycles. The quantitative estimate of drug-likeness (QED) is 0.790. The lowest BCUT2D eigenvalue weighted by molar-refractivity contribution is 0.0545. The molecule has 25 heavy (non-hydrogen) atoms. The molecule has 0 spiro atoms. The van der Waals surface area contributed by atoms with Crippen LogP contribution in [0, 0.1) is 0 Å². The van der Waals surface area contributed by atoms with Gasteiger partial charge in [-0.3, -0.25) is 0 Å². The molecule has 3 rings (SSSR count). The van der Waals surface area contributed by atoms with E-state index in [1.807, 2.05) is 16.7 Å². The van der Waals surface area contributed by atoms with Crippen molar-refractivity contribution in [2.24, 2.45) is 0 Å². The molecule has 0 radical (unpaired) electrons. The Bertz CT molecular complexity index is 802. The first kappa shape index (κ1) is 17.3. The van der Waals surface area contributed by atoms with Gasteiger partial charge in [-0.2, -0.15) is 0 Å². The lowest BCUT2D eigenvalue weighted by atomic mass is 9.95. The highest BCUT2D eigenvalue weighted by Crippen LogP contribution is 2.38. The number of methoxy groups -OCH3 is 3. The molecule has 6 nitrogen and oxygen atoms in total. The fourth-order valence-corrected chi connectivity index (χ4v) is 3.75. The van der Waals surface area contributed by atoms with Crippen molar-refractivity contribution in [3.05, 3.63) is 29.5 Å². The summed E-state index contributed by atoms with van der Waals surface area (Å²) in [5.74, 6) is -0.454. The van der Waals surface area contributed by atoms with Crippen molar-refractivity contribution in [2.45, 2.75) is 38.1 Å². The smallest absolute Gasteiger partial charge is 0.355 e. The van der Waals surface area contributed by atoms with Crippen LogP contribution in [-0.4, -0.2) is 37.8 Å². The molecule has 0 atom stereocenters. The molecule has 0 N–H and O–H groups in total. The maximum atomic E-state index is 12.6. The molecule has 1 fully saturated rings. The van der Waals surface area contributed by atoms with Crippen molar-refractivity contribution in [1.82, 2.24) is 4.57 Å². The van der Waals surface area contributed by atoms with Crippen LogP contribution in [0.1, 0.15) is 59.0 Å². The van der Waals surface area contributed by atoms with E-state index < -0.39 is 11.9 Å². The highest BCUT2D eigenvalue weighted by molar-refractivity contribution is 6.13. The molecule has 1 aliphatic rings. The summed E-state index contributed by atoms with van der Waals surface area (Å²) in [6.45, 7) is 0. The summed E-state index contributed by atoms with van der Waals surface area (Å²) >= 11 is 0. The lowest BCUT2D eigenvalue weighted by Gasteiger charge is -2.26. The van der Waals surface area contributed by atoms with Crippen LogP contribution in [0.4, 0.5) is 0 Å². The molecule has 0 saturated heterocycles. The number of carbonyl (C=O) groups is 2. The zero-order chi connectivity index (χ0) is 18.0. The second-order valence-electron chi connectivity index (χ2n) is 6.25. The highest BCUT2D eigenvalue weighted by atomic mass is 16.5. The summed E-state index contributed by atoms with van der Waals surface area (Å²) in [4.78, 5) is 25.0. The van der Waals surface area contributed by atoms with Gasteiger partial charge in [0.2, 0.25) is 0 Å². The minimum Gasteiger partial charge on any atom is -0.497 e. The summed E-state index contributed by atoms with van der Waals surface area (Å²) < 4.78 is 17.2. The van der Waals surface area contributed by atoms with Gasteiger partial charge in [0.1, 0.15) is 17.0 Å². The van der Waals surface area contributed by atoms with Gasteiger partial charge in [-0.1, -0.05) is 19.3 Å². The van der Waals surface area contributed by atoms with Gasteiger partial charge in [-0.25, -0.2) is 9.59 Å². The monoisotopic (exact) mass is 345 g/mol. The van der Waals surface area contributed by atoms with E-state index in [0.29, 0.717) is 11.1 Å². The van der Waals surface area contributed by atoms with E-state index in [-0.39, 0.29) is 17.3 Å². The molecule has 6 heteroatoms. The number of rotatable bonds is 4. The second kappa shape index (κ2) is 7.17. The molecule has 0 unspecified atom stereocenters. The molecule has 1 aromatic heterocycles. The maximum Gasteiger partial charge on any atom is 0.355 e. The highest BCUT2D eigenvalue weighted by Gasteiger charge is 2.32. The lowest BCUT2D eigenvalue weighted by Crippen LogP contribution is -2.20. The van der Waals surface area contributed by atoms with Gasteiger partial charge in [-0.15, -0.1) is 0 Å². The largest absolute Gasteiger partial charge is 0.497 e. The van der Waals surface area contributed by atoms with E-state index in [2.05, 4.69) is 0 Å². The van der Waals surface area contributed by atoms with Crippen LogP contribution in [0.25, 0.3) is 10.9 Å². The van der Waals surface area contributed by atoms with Crippen molar-refractivity contribution in [3.63, 3.8) is 0 Å². The number of ether oxygens (including phenoxy) is 3. The van der Waals surface area contributed by atoms with E-state index in [1.165, 1.54) is 20.6 Å². The summed E-state index contributed by atoms with van der Waals surface area (Å²) in [5.41, 5.74) is 1.34. The normalized spacial score (nSPS) is 15.2. The van der Waals surface area contributed by atoms with Gasteiger partial charge >= 0.3 is 11.9 Å². The zero-order valence-corrected chi connectivity index (χ0v) is 14.8. The van der Waals surface area contributed by atoms with Crippen LogP contribution in [0.3, 0.4) is 0 Å². The van der Waals surface area contributed by atoms with Crippen LogP contribution in [0.15, 0.2) is 18.2 Å². The van der Waals surface area contributed by atoms with Crippen molar-refractivity contribution in [2.75, 3.05) is 21.3 Å². The van der Waals surface area contributed by atoms with E-state index in [0.717, 1.165) is 31.2 Å². The minimum absolute atomic E-state index is 0.164. The Morgan fingerprint density at radius 1 is 1.00 bits per heavy atom. The van der Waals surface area contributed by atoms with Gasteiger partial charge in [0, 0.05) is 11.4 Å². The average molecular weight is 345 g/mol. The summed E-state index contributed by atoms with van der Waals surface area (Å²) in [7, 11) is 4.21. The van der Waals surface area contributed by atoms with Crippen LogP contribution < -0.4 is 4.74 Å². The van der Waals surface area contributed by atoms with Gasteiger partial charge in [0.05, 0.1) is 26.8 Å². The Morgan fingerprint density at radius 3 is 2.28 bits per heavy atom. The standard InChI is InChI=1S/C19H23NO5/c1-23-13-9-10-15-14(11-13)16(18(21)24-2)17(19(22)25-3)20(15)12-7-5-4-6-8-12/h9-12H,4-8H2,1-3H3. The predicted molar refractivity (Wildman–Crippen MR) is 93.3 cm³/mol. The molecule has 134 valence electrons. The molecular weight excluding hydrogens is 322 g/mol. The Hall–Kier alpha value is -2.50. The number of hydrogen-bond acceptors (Lipinski definition) is 5. The Kier molecular flexibility index (Phi) is 4.97. The van der Waals surface area contributed by atoms with Crippen LogP contribution in [-0.2, 0) is 9.47 Å². The van der Waals surface area contributed by atoms with Crippen molar-refractivity contribution in [1.29, 1.82) is 0 Å². The predicted octanol–water partition coefficient (Wildman–Crippen LogP) is 3.73. The van der Waals surface area contributed by atoms with Crippen molar-refractivity contribution in [3.8, 4) is 5.75 Å². The summed E-state index contributed by atoms with van der Waals surface area (Å²) in [6, 6.07) is 5.66. The minimum atomic E-state index is -0.548. The molecule has 0 bridgehead atoms.